The van der Waals surface area contributed by atoms with E-state index >= 15 is 0 Å². The fraction of sp³-hybridized carbons (Fsp3) is 0.0204. The molecule has 0 aliphatic heterocycles. The first kappa shape index (κ1) is 27.6. The van der Waals surface area contributed by atoms with E-state index in [1.807, 2.05) is 11.3 Å². The molecule has 0 saturated heterocycles. The summed E-state index contributed by atoms with van der Waals surface area (Å²) in [4.78, 5) is 0. The van der Waals surface area contributed by atoms with Gasteiger partial charge in [-0.05, 0) is 98.1 Å². The van der Waals surface area contributed by atoms with Crippen molar-refractivity contribution in [3.63, 3.8) is 0 Å². The molecule has 2 heteroatoms. The Morgan fingerprint density at radius 1 is 0.392 bits per heavy atom. The van der Waals surface area contributed by atoms with Gasteiger partial charge in [-0.15, -0.1) is 11.3 Å². The molecule has 0 radical (unpaired) electrons. The zero-order valence-electron chi connectivity index (χ0n) is 27.6. The average Bonchev–Trinajstić information content (AvgIpc) is 3.91. The smallest absolute Gasteiger partial charge is 0.0725 e. The summed E-state index contributed by atoms with van der Waals surface area (Å²) >= 11 is 1.91. The number of rotatable bonds is 2. The summed E-state index contributed by atoms with van der Waals surface area (Å²) in [6.45, 7) is 0. The van der Waals surface area contributed by atoms with Gasteiger partial charge in [-0.2, -0.15) is 0 Å². The normalized spacial score (nSPS) is 13.6. The molecule has 0 fully saturated rings. The number of nitrogens with zero attached hydrogens (tertiary/aromatic N) is 1. The van der Waals surface area contributed by atoms with Crippen LogP contribution in [-0.4, -0.2) is 4.57 Å². The average molecular weight is 664 g/mol. The van der Waals surface area contributed by atoms with Crippen LogP contribution in [0.4, 0.5) is 0 Å². The Balaban J connectivity index is 1.15. The maximum Gasteiger partial charge on any atom is 0.0725 e. The number of aromatic nitrogens is 1. The third-order valence-corrected chi connectivity index (χ3v) is 12.8. The minimum Gasteiger partial charge on any atom is -0.309 e. The highest BCUT2D eigenvalue weighted by Gasteiger charge is 2.52. The second-order valence-electron chi connectivity index (χ2n) is 14.0. The summed E-state index contributed by atoms with van der Waals surface area (Å²) in [6.07, 6.45) is 0. The second-order valence-corrected chi connectivity index (χ2v) is 15.1. The topological polar surface area (TPSA) is 4.93 Å². The van der Waals surface area contributed by atoms with Gasteiger partial charge in [-0.25, -0.2) is 0 Å². The molecule has 0 amide bonds. The summed E-state index contributed by atoms with van der Waals surface area (Å²) in [5.41, 5.74) is 16.7. The maximum atomic E-state index is 2.46. The van der Waals surface area contributed by atoms with Crippen molar-refractivity contribution < 1.29 is 0 Å². The van der Waals surface area contributed by atoms with Crippen molar-refractivity contribution in [2.75, 3.05) is 0 Å². The summed E-state index contributed by atoms with van der Waals surface area (Å²) in [5.74, 6) is 0. The van der Waals surface area contributed by atoms with E-state index in [2.05, 4.69) is 180 Å². The van der Waals surface area contributed by atoms with Crippen LogP contribution in [0.15, 0.2) is 176 Å². The Kier molecular flexibility index (Phi) is 5.38. The van der Waals surface area contributed by atoms with Gasteiger partial charge in [0.1, 0.15) is 0 Å². The van der Waals surface area contributed by atoms with Gasteiger partial charge in [0.15, 0.2) is 0 Å². The third kappa shape index (κ3) is 3.45. The number of fused-ring (bicyclic) bond motifs is 17. The third-order valence-electron chi connectivity index (χ3n) is 11.6. The SMILES string of the molecule is c1ccc(-c2ccc3c(c2)c2ccccc2n3-c2ccc3sc4ccc5c(c4c3c2)-c2ccccc2C52c3ccccc3-c3ccccc32)cc1. The first-order valence-electron chi connectivity index (χ1n) is 17.7. The molecular weight excluding hydrogens is 635 g/mol. The molecule has 2 aromatic heterocycles. The van der Waals surface area contributed by atoms with Crippen LogP contribution < -0.4 is 0 Å². The molecule has 0 N–H and O–H groups in total. The highest BCUT2D eigenvalue weighted by atomic mass is 32.1. The van der Waals surface area contributed by atoms with Crippen LogP contribution in [0, 0.1) is 0 Å². The maximum absolute atomic E-state index is 2.46. The first-order valence-corrected chi connectivity index (χ1v) is 18.5. The molecule has 0 atom stereocenters. The van der Waals surface area contributed by atoms with E-state index < -0.39 is 0 Å². The Bertz CT molecular complexity index is 3040. The van der Waals surface area contributed by atoms with Crippen LogP contribution in [0.3, 0.4) is 0 Å². The van der Waals surface area contributed by atoms with Crippen LogP contribution in [0.5, 0.6) is 0 Å². The largest absolute Gasteiger partial charge is 0.309 e. The highest BCUT2D eigenvalue weighted by Crippen LogP contribution is 2.64. The molecule has 2 aliphatic carbocycles. The number of thiophene rings is 1. The van der Waals surface area contributed by atoms with Gasteiger partial charge in [0, 0.05) is 36.6 Å². The lowest BCUT2D eigenvalue weighted by Crippen LogP contribution is -2.25. The van der Waals surface area contributed by atoms with Crippen LogP contribution >= 0.6 is 11.3 Å². The molecule has 0 saturated carbocycles. The summed E-state index contributed by atoms with van der Waals surface area (Å²) < 4.78 is 5.12. The molecule has 0 bridgehead atoms. The predicted octanol–water partition coefficient (Wildman–Crippen LogP) is 13.2. The van der Waals surface area contributed by atoms with Crippen LogP contribution in [-0.2, 0) is 5.41 Å². The van der Waals surface area contributed by atoms with Crippen molar-refractivity contribution in [3.8, 4) is 39.1 Å². The van der Waals surface area contributed by atoms with Crippen molar-refractivity contribution >= 4 is 53.3 Å². The molecule has 1 spiro atoms. The van der Waals surface area contributed by atoms with Crippen LogP contribution in [0.25, 0.3) is 81.0 Å². The first-order chi connectivity index (χ1) is 25.3. The fourth-order valence-electron chi connectivity index (χ4n) is 9.64. The van der Waals surface area contributed by atoms with E-state index in [1.165, 1.54) is 103 Å². The molecule has 12 rings (SSSR count). The number of hydrogen-bond donors (Lipinski definition) is 0. The summed E-state index contributed by atoms with van der Waals surface area (Å²) in [7, 11) is 0. The summed E-state index contributed by atoms with van der Waals surface area (Å²) in [6, 6.07) is 65.7. The Morgan fingerprint density at radius 3 is 1.80 bits per heavy atom. The molecule has 8 aromatic carbocycles. The standard InChI is InChI=1S/C49H29NS/c1-2-12-30(13-3-1)31-22-25-44-37(28-31)35-16-7-11-21-43(35)50(44)32-23-26-45-38(29-32)48-46(51-45)27-24-42-47(48)36-17-6-10-20-41(36)49(42)39-18-8-4-14-33(39)34-15-5-9-19-40(34)49/h1-29H. The van der Waals surface area contributed by atoms with Crippen molar-refractivity contribution in [3.05, 3.63) is 198 Å². The molecular formula is C49H29NS. The van der Waals surface area contributed by atoms with E-state index in [0.29, 0.717) is 0 Å². The molecule has 1 nitrogen and oxygen atoms in total. The van der Waals surface area contributed by atoms with E-state index in [9.17, 15) is 0 Å². The monoisotopic (exact) mass is 663 g/mol. The Labute approximate surface area is 299 Å². The van der Waals surface area contributed by atoms with Crippen molar-refractivity contribution in [2.45, 2.75) is 5.41 Å². The van der Waals surface area contributed by atoms with Gasteiger partial charge < -0.3 is 4.57 Å². The van der Waals surface area contributed by atoms with Crippen molar-refractivity contribution in [2.24, 2.45) is 0 Å². The van der Waals surface area contributed by atoms with Crippen LogP contribution in [0.1, 0.15) is 22.3 Å². The van der Waals surface area contributed by atoms with E-state index in [1.54, 1.807) is 0 Å². The van der Waals surface area contributed by atoms with Gasteiger partial charge in [-0.3, -0.25) is 0 Å². The van der Waals surface area contributed by atoms with Gasteiger partial charge in [-0.1, -0.05) is 133 Å². The highest BCUT2D eigenvalue weighted by molar-refractivity contribution is 7.26. The van der Waals surface area contributed by atoms with Gasteiger partial charge in [0.05, 0.1) is 16.4 Å². The van der Waals surface area contributed by atoms with E-state index in [-0.39, 0.29) is 5.41 Å². The van der Waals surface area contributed by atoms with Gasteiger partial charge in [0.25, 0.3) is 0 Å². The number of benzene rings is 8. The Hall–Kier alpha value is -6.22. The van der Waals surface area contributed by atoms with Crippen molar-refractivity contribution in [1.29, 1.82) is 0 Å². The van der Waals surface area contributed by atoms with E-state index in [4.69, 9.17) is 0 Å². The quantitative estimate of drug-likeness (QED) is 0.173. The number of hydrogen-bond acceptors (Lipinski definition) is 1. The predicted molar refractivity (Wildman–Crippen MR) is 215 cm³/mol. The molecule has 236 valence electrons. The van der Waals surface area contributed by atoms with Crippen LogP contribution in [0.2, 0.25) is 0 Å². The van der Waals surface area contributed by atoms with Gasteiger partial charge in [0.2, 0.25) is 0 Å². The Morgan fingerprint density at radius 2 is 1.02 bits per heavy atom. The molecule has 51 heavy (non-hydrogen) atoms. The number of para-hydroxylation sites is 1. The minimum absolute atomic E-state index is 0.345. The van der Waals surface area contributed by atoms with E-state index in [0.717, 1.165) is 0 Å². The zero-order chi connectivity index (χ0) is 33.3. The molecule has 0 unspecified atom stereocenters. The fourth-order valence-corrected chi connectivity index (χ4v) is 10.7. The van der Waals surface area contributed by atoms with Crippen molar-refractivity contribution in [1.82, 2.24) is 4.57 Å². The molecule has 2 aliphatic rings. The lowest BCUT2D eigenvalue weighted by molar-refractivity contribution is 0.794. The lowest BCUT2D eigenvalue weighted by Gasteiger charge is -2.30. The molecule has 10 aromatic rings. The second kappa shape index (κ2) is 9.94. The molecule has 2 heterocycles. The summed E-state index contributed by atoms with van der Waals surface area (Å²) in [5, 5.41) is 5.24. The van der Waals surface area contributed by atoms with Gasteiger partial charge >= 0.3 is 0 Å². The zero-order valence-corrected chi connectivity index (χ0v) is 28.4. The minimum atomic E-state index is -0.345. The lowest BCUT2D eigenvalue weighted by atomic mass is 9.70.